The van der Waals surface area contributed by atoms with Gasteiger partial charge in [-0.25, -0.2) is 0 Å². The van der Waals surface area contributed by atoms with Crippen molar-refractivity contribution in [1.82, 2.24) is 9.80 Å². The summed E-state index contributed by atoms with van der Waals surface area (Å²) in [7, 11) is 1.80. The Balaban J connectivity index is 1.48. The van der Waals surface area contributed by atoms with Gasteiger partial charge in [-0.1, -0.05) is 22.0 Å². The van der Waals surface area contributed by atoms with Crippen LogP contribution in [0.2, 0.25) is 0 Å². The first-order valence-corrected chi connectivity index (χ1v) is 10.7. The molecule has 1 aliphatic rings. The highest BCUT2D eigenvalue weighted by atomic mass is 79.9. The van der Waals surface area contributed by atoms with Crippen LogP contribution < -0.4 is 4.74 Å². The fraction of sp³-hybridized carbons (Fsp3) is 0.400. The van der Waals surface area contributed by atoms with Gasteiger partial charge in [0.05, 0.1) is 17.3 Å². The fourth-order valence-electron chi connectivity index (χ4n) is 3.17. The molecular formula is C20H23BrN2O3S. The molecule has 0 radical (unpaired) electrons. The lowest BCUT2D eigenvalue weighted by molar-refractivity contribution is -0.135. The van der Waals surface area contributed by atoms with E-state index >= 15 is 0 Å². The summed E-state index contributed by atoms with van der Waals surface area (Å²) in [5, 5.41) is 1.90. The van der Waals surface area contributed by atoms with E-state index in [1.165, 1.54) is 11.3 Å². The van der Waals surface area contributed by atoms with Crippen LogP contribution >= 0.6 is 27.3 Å². The number of hydrogen-bond donors (Lipinski definition) is 0. The lowest BCUT2D eigenvalue weighted by atomic mass is 9.96. The van der Waals surface area contributed by atoms with E-state index < -0.39 is 0 Å². The van der Waals surface area contributed by atoms with Gasteiger partial charge in [0, 0.05) is 24.6 Å². The van der Waals surface area contributed by atoms with Crippen LogP contribution in [0.5, 0.6) is 5.75 Å². The number of likely N-dealkylation sites (tertiary alicyclic amines) is 1. The molecule has 0 bridgehead atoms. The number of thiophene rings is 1. The number of benzene rings is 1. The van der Waals surface area contributed by atoms with Crippen LogP contribution in [0, 0.1) is 5.92 Å². The molecule has 5 nitrogen and oxygen atoms in total. The predicted octanol–water partition coefficient (Wildman–Crippen LogP) is 3.90. The van der Waals surface area contributed by atoms with Crippen molar-refractivity contribution in [1.29, 1.82) is 0 Å². The minimum absolute atomic E-state index is 0.0312. The minimum atomic E-state index is -0.139. The maximum absolute atomic E-state index is 12.8. The molecule has 27 heavy (non-hydrogen) atoms. The second-order valence-electron chi connectivity index (χ2n) is 6.63. The van der Waals surface area contributed by atoms with E-state index in [1.54, 1.807) is 11.9 Å². The average Bonchev–Trinajstić information content (AvgIpc) is 3.23. The summed E-state index contributed by atoms with van der Waals surface area (Å²) in [6, 6.07) is 11.3. The molecule has 1 fully saturated rings. The largest absolute Gasteiger partial charge is 0.492 e. The maximum Gasteiger partial charge on any atom is 0.263 e. The van der Waals surface area contributed by atoms with Gasteiger partial charge in [0.1, 0.15) is 12.4 Å². The van der Waals surface area contributed by atoms with Gasteiger partial charge in [0.25, 0.3) is 5.91 Å². The van der Waals surface area contributed by atoms with Crippen LogP contribution in [0.1, 0.15) is 22.5 Å². The number of likely N-dealkylation sites (N-methyl/N-ethyl adjacent to an activating group) is 1. The van der Waals surface area contributed by atoms with Crippen LogP contribution in [-0.4, -0.2) is 54.9 Å². The van der Waals surface area contributed by atoms with Crippen LogP contribution in [0.25, 0.3) is 0 Å². The van der Waals surface area contributed by atoms with Crippen molar-refractivity contribution in [2.75, 3.05) is 33.3 Å². The van der Waals surface area contributed by atoms with E-state index in [-0.39, 0.29) is 17.7 Å². The number of carbonyl (C=O) groups excluding carboxylic acids is 2. The molecule has 1 aromatic carbocycles. The second kappa shape index (κ2) is 9.37. The normalized spacial score (nSPS) is 16.8. The van der Waals surface area contributed by atoms with Crippen molar-refractivity contribution in [3.63, 3.8) is 0 Å². The zero-order chi connectivity index (χ0) is 19.2. The second-order valence-corrected chi connectivity index (χ2v) is 8.49. The van der Waals surface area contributed by atoms with E-state index in [0.29, 0.717) is 19.7 Å². The smallest absolute Gasteiger partial charge is 0.263 e. The van der Waals surface area contributed by atoms with E-state index in [4.69, 9.17) is 4.74 Å². The van der Waals surface area contributed by atoms with E-state index in [0.717, 1.165) is 34.5 Å². The molecular weight excluding hydrogens is 428 g/mol. The van der Waals surface area contributed by atoms with Gasteiger partial charge in [-0.2, -0.15) is 0 Å². The highest BCUT2D eigenvalue weighted by Gasteiger charge is 2.30. The Bertz CT molecular complexity index is 764. The summed E-state index contributed by atoms with van der Waals surface area (Å²) in [4.78, 5) is 29.6. The van der Waals surface area contributed by atoms with Crippen molar-refractivity contribution in [2.24, 2.45) is 5.92 Å². The Morgan fingerprint density at radius 2 is 2.07 bits per heavy atom. The Hall–Kier alpha value is -1.86. The highest BCUT2D eigenvalue weighted by Crippen LogP contribution is 2.22. The highest BCUT2D eigenvalue weighted by molar-refractivity contribution is 9.10. The molecule has 0 spiro atoms. The van der Waals surface area contributed by atoms with Crippen LogP contribution in [0.15, 0.2) is 46.3 Å². The summed E-state index contributed by atoms with van der Waals surface area (Å²) in [6.45, 7) is 2.17. The summed E-state index contributed by atoms with van der Waals surface area (Å²) in [5.74, 6) is 0.756. The third-order valence-corrected chi connectivity index (χ3v) is 6.06. The van der Waals surface area contributed by atoms with Gasteiger partial charge in [-0.15, -0.1) is 11.3 Å². The van der Waals surface area contributed by atoms with Gasteiger partial charge in [-0.05, 0) is 48.6 Å². The summed E-state index contributed by atoms with van der Waals surface area (Å²) in [6.07, 6.45) is 1.68. The first kappa shape index (κ1) is 19.9. The van der Waals surface area contributed by atoms with Gasteiger partial charge in [0.15, 0.2) is 0 Å². The molecule has 1 aromatic heterocycles. The zero-order valence-corrected chi connectivity index (χ0v) is 17.7. The number of nitrogens with zero attached hydrogens (tertiary/aromatic N) is 2. The molecule has 0 N–H and O–H groups in total. The number of amides is 2. The molecule has 2 amide bonds. The van der Waals surface area contributed by atoms with E-state index in [2.05, 4.69) is 15.9 Å². The zero-order valence-electron chi connectivity index (χ0n) is 15.3. The van der Waals surface area contributed by atoms with Crippen molar-refractivity contribution in [2.45, 2.75) is 12.8 Å². The van der Waals surface area contributed by atoms with Gasteiger partial charge in [0.2, 0.25) is 5.91 Å². The lowest BCUT2D eigenvalue weighted by Crippen LogP contribution is -2.46. The first-order chi connectivity index (χ1) is 13.0. The van der Waals surface area contributed by atoms with E-state index in [1.807, 2.05) is 46.7 Å². The SMILES string of the molecule is CN(CCOc1ccc(Br)cc1)C(=O)C1CCCN(C(=O)c2cccs2)C1. The number of piperidine rings is 1. The monoisotopic (exact) mass is 450 g/mol. The standard InChI is InChI=1S/C20H23BrN2O3S/c1-22(11-12-26-17-8-6-16(21)7-9-17)19(24)15-4-2-10-23(14-15)20(25)18-5-3-13-27-18/h3,5-9,13,15H,2,4,10-12,14H2,1H3. The van der Waals surface area contributed by atoms with Gasteiger partial charge in [-0.3, -0.25) is 9.59 Å². The molecule has 0 aliphatic carbocycles. The number of hydrogen-bond acceptors (Lipinski definition) is 4. The van der Waals surface area contributed by atoms with Gasteiger partial charge >= 0.3 is 0 Å². The molecule has 1 unspecified atom stereocenters. The van der Waals surface area contributed by atoms with Crippen molar-refractivity contribution < 1.29 is 14.3 Å². The minimum Gasteiger partial charge on any atom is -0.492 e. The molecule has 1 atom stereocenters. The average molecular weight is 451 g/mol. The number of ether oxygens (including phenoxy) is 1. The van der Waals surface area contributed by atoms with Crippen molar-refractivity contribution >= 4 is 39.1 Å². The van der Waals surface area contributed by atoms with Crippen LogP contribution in [0.4, 0.5) is 0 Å². The van der Waals surface area contributed by atoms with Crippen LogP contribution in [0.3, 0.4) is 0 Å². The molecule has 0 saturated carbocycles. The predicted molar refractivity (Wildman–Crippen MR) is 110 cm³/mol. The first-order valence-electron chi connectivity index (χ1n) is 9.00. The third-order valence-electron chi connectivity index (χ3n) is 4.68. The fourth-order valence-corrected chi connectivity index (χ4v) is 4.13. The number of rotatable bonds is 6. The summed E-state index contributed by atoms with van der Waals surface area (Å²) >= 11 is 4.84. The van der Waals surface area contributed by atoms with Crippen LogP contribution in [-0.2, 0) is 4.79 Å². The van der Waals surface area contributed by atoms with Crippen molar-refractivity contribution in [3.05, 3.63) is 51.1 Å². The number of halogens is 1. The Kier molecular flexibility index (Phi) is 6.90. The molecule has 7 heteroatoms. The summed E-state index contributed by atoms with van der Waals surface area (Å²) in [5.41, 5.74) is 0. The quantitative estimate of drug-likeness (QED) is 0.670. The molecule has 2 heterocycles. The van der Waals surface area contributed by atoms with E-state index in [9.17, 15) is 9.59 Å². The Labute approximate surface area is 172 Å². The molecule has 144 valence electrons. The molecule has 2 aromatic rings. The third kappa shape index (κ3) is 5.32. The lowest BCUT2D eigenvalue weighted by Gasteiger charge is -2.33. The molecule has 1 aliphatic heterocycles. The summed E-state index contributed by atoms with van der Waals surface area (Å²) < 4.78 is 6.70. The number of carbonyl (C=O) groups is 2. The Morgan fingerprint density at radius 1 is 1.30 bits per heavy atom. The van der Waals surface area contributed by atoms with Gasteiger partial charge < -0.3 is 14.5 Å². The molecule has 3 rings (SSSR count). The topological polar surface area (TPSA) is 49.9 Å². The molecule has 1 saturated heterocycles. The Morgan fingerprint density at radius 3 is 2.78 bits per heavy atom. The van der Waals surface area contributed by atoms with Crippen molar-refractivity contribution in [3.8, 4) is 5.75 Å². The maximum atomic E-state index is 12.8.